The summed E-state index contributed by atoms with van der Waals surface area (Å²) in [4.78, 5) is 55.4. The summed E-state index contributed by atoms with van der Waals surface area (Å²) < 4.78 is 1.48. The molecule has 0 radical (unpaired) electrons. The Hall–Kier alpha value is -4.11. The molecule has 0 aliphatic carbocycles. The number of hydrogen-bond donors (Lipinski definition) is 0. The van der Waals surface area contributed by atoms with E-state index in [1.54, 1.807) is 40.3 Å². The average Bonchev–Trinajstić information content (AvgIpc) is 2.90. The van der Waals surface area contributed by atoms with Crippen LogP contribution in [0, 0.1) is 0 Å². The maximum absolute atomic E-state index is 13.4. The van der Waals surface area contributed by atoms with Crippen LogP contribution in [0.4, 0.5) is 0 Å². The molecule has 1 aliphatic heterocycles. The van der Waals surface area contributed by atoms with Gasteiger partial charge in [0.05, 0.1) is 12.1 Å². The molecule has 1 saturated heterocycles. The van der Waals surface area contributed by atoms with E-state index in [0.717, 1.165) is 5.56 Å². The number of carbonyl (C=O) groups excluding carboxylic acids is 2. The van der Waals surface area contributed by atoms with Crippen molar-refractivity contribution in [2.24, 2.45) is 0 Å². The van der Waals surface area contributed by atoms with E-state index in [-0.39, 0.29) is 31.2 Å². The van der Waals surface area contributed by atoms with Gasteiger partial charge in [-0.1, -0.05) is 41.9 Å². The van der Waals surface area contributed by atoms with Crippen LogP contribution in [0.1, 0.15) is 26.4 Å². The number of hydrogen-bond acceptors (Lipinski definition) is 6. The van der Waals surface area contributed by atoms with E-state index < -0.39 is 11.5 Å². The molecule has 4 aromatic rings. The van der Waals surface area contributed by atoms with Crippen LogP contribution in [-0.4, -0.2) is 67.3 Å². The van der Waals surface area contributed by atoms with E-state index in [1.165, 1.54) is 10.8 Å². The van der Waals surface area contributed by atoms with Crippen molar-refractivity contribution in [1.29, 1.82) is 0 Å². The van der Waals surface area contributed by atoms with Crippen molar-refractivity contribution in [3.05, 3.63) is 99.3 Å². The van der Waals surface area contributed by atoms with E-state index in [9.17, 15) is 14.4 Å². The molecule has 0 bridgehead atoms. The maximum Gasteiger partial charge on any atom is 0.284 e. The zero-order valence-electron chi connectivity index (χ0n) is 18.7. The number of nitrogens with zero attached hydrogens (tertiary/aromatic N) is 6. The van der Waals surface area contributed by atoms with Gasteiger partial charge in [0.2, 0.25) is 0 Å². The van der Waals surface area contributed by atoms with E-state index in [0.29, 0.717) is 35.0 Å². The average molecular weight is 489 g/mol. The first-order chi connectivity index (χ1) is 17.0. The molecular formula is C25H21ClN6O3. The maximum atomic E-state index is 13.4. The summed E-state index contributed by atoms with van der Waals surface area (Å²) in [7, 11) is 0. The predicted octanol–water partition coefficient (Wildman–Crippen LogP) is 2.49. The second-order valence-corrected chi connectivity index (χ2v) is 8.52. The van der Waals surface area contributed by atoms with Gasteiger partial charge in [0.25, 0.3) is 17.4 Å². The summed E-state index contributed by atoms with van der Waals surface area (Å²) in [6.45, 7) is 1.52. The molecule has 0 saturated carbocycles. The Kier molecular flexibility index (Phi) is 6.24. The zero-order chi connectivity index (χ0) is 24.4. The summed E-state index contributed by atoms with van der Waals surface area (Å²) in [6.07, 6.45) is 3.03. The lowest BCUT2D eigenvalue weighted by molar-refractivity contribution is 0.0531. The van der Waals surface area contributed by atoms with Gasteiger partial charge in [0.1, 0.15) is 10.7 Å². The molecule has 35 heavy (non-hydrogen) atoms. The Morgan fingerprint density at radius 1 is 0.857 bits per heavy atom. The fraction of sp³-hybridized carbons (Fsp3) is 0.200. The van der Waals surface area contributed by atoms with E-state index in [4.69, 9.17) is 11.6 Å². The van der Waals surface area contributed by atoms with E-state index in [1.807, 2.05) is 30.3 Å². The van der Waals surface area contributed by atoms with Gasteiger partial charge in [-0.05, 0) is 29.8 Å². The number of fused-ring (bicyclic) bond motifs is 1. The Morgan fingerprint density at radius 2 is 1.57 bits per heavy atom. The Labute approximate surface area is 205 Å². The minimum atomic E-state index is -0.490. The lowest BCUT2D eigenvalue weighted by Crippen LogP contribution is -2.51. The summed E-state index contributed by atoms with van der Waals surface area (Å²) >= 11 is 5.80. The molecular weight excluding hydrogens is 468 g/mol. The second-order valence-electron chi connectivity index (χ2n) is 8.14. The normalized spacial score (nSPS) is 13.7. The third-order valence-electron chi connectivity index (χ3n) is 5.92. The third-order valence-corrected chi connectivity index (χ3v) is 6.14. The van der Waals surface area contributed by atoms with Gasteiger partial charge in [-0.2, -0.15) is 0 Å². The fourth-order valence-electron chi connectivity index (χ4n) is 4.08. The molecule has 176 valence electrons. The highest BCUT2D eigenvalue weighted by atomic mass is 35.5. The van der Waals surface area contributed by atoms with Gasteiger partial charge < -0.3 is 9.80 Å². The molecule has 1 aromatic carbocycles. The lowest BCUT2D eigenvalue weighted by atomic mass is 10.2. The van der Waals surface area contributed by atoms with Crippen LogP contribution in [0.5, 0.6) is 0 Å². The minimum absolute atomic E-state index is 0.150. The van der Waals surface area contributed by atoms with Crippen LogP contribution in [-0.2, 0) is 6.54 Å². The van der Waals surface area contributed by atoms with Crippen molar-refractivity contribution in [3.63, 3.8) is 0 Å². The van der Waals surface area contributed by atoms with Gasteiger partial charge in [-0.15, -0.1) is 0 Å². The van der Waals surface area contributed by atoms with Crippen LogP contribution in [0.25, 0.3) is 11.2 Å². The topological polar surface area (TPSA) is 101 Å². The molecule has 0 atom stereocenters. The largest absolute Gasteiger partial charge is 0.335 e. The van der Waals surface area contributed by atoms with Gasteiger partial charge in [-0.25, -0.2) is 15.0 Å². The number of pyridine rings is 2. The molecule has 1 aliphatic rings. The van der Waals surface area contributed by atoms with Crippen LogP contribution >= 0.6 is 11.6 Å². The molecule has 2 amide bonds. The number of halogens is 1. The van der Waals surface area contributed by atoms with Crippen LogP contribution in [0.3, 0.4) is 0 Å². The van der Waals surface area contributed by atoms with Crippen molar-refractivity contribution >= 4 is 34.6 Å². The van der Waals surface area contributed by atoms with Gasteiger partial charge >= 0.3 is 0 Å². The first-order valence-corrected chi connectivity index (χ1v) is 11.5. The van der Waals surface area contributed by atoms with E-state index in [2.05, 4.69) is 15.0 Å². The third kappa shape index (κ3) is 4.63. The second kappa shape index (κ2) is 9.63. The molecule has 4 heterocycles. The van der Waals surface area contributed by atoms with Crippen molar-refractivity contribution < 1.29 is 9.59 Å². The molecule has 1 fully saturated rings. The highest BCUT2D eigenvalue weighted by Crippen LogP contribution is 2.14. The van der Waals surface area contributed by atoms with Crippen molar-refractivity contribution in [1.82, 2.24) is 29.3 Å². The predicted molar refractivity (Wildman–Crippen MR) is 130 cm³/mol. The number of aromatic nitrogens is 4. The zero-order valence-corrected chi connectivity index (χ0v) is 19.4. The quantitative estimate of drug-likeness (QED) is 0.409. The lowest BCUT2D eigenvalue weighted by Gasteiger charge is -2.34. The van der Waals surface area contributed by atoms with Gasteiger partial charge in [0, 0.05) is 38.6 Å². The highest BCUT2D eigenvalue weighted by Gasteiger charge is 2.29. The minimum Gasteiger partial charge on any atom is -0.335 e. The van der Waals surface area contributed by atoms with Crippen LogP contribution in [0.15, 0.2) is 71.8 Å². The van der Waals surface area contributed by atoms with Crippen molar-refractivity contribution in [2.45, 2.75) is 6.54 Å². The number of rotatable bonds is 4. The Balaban J connectivity index is 1.38. The molecule has 0 spiro atoms. The molecule has 10 heteroatoms. The standard InChI is InChI=1S/C25H21ClN6O3/c26-20-9-8-18(15-28-20)23(33)30-11-13-31(14-12-30)24(34)21-25(35)32(16-17-5-2-1-3-6-17)22-19(29-21)7-4-10-27-22/h1-10,15H,11-14,16H2. The number of piperazine rings is 1. The molecule has 9 nitrogen and oxygen atoms in total. The first kappa shape index (κ1) is 22.7. The SMILES string of the molecule is O=C(c1ccc(Cl)nc1)N1CCN(C(=O)c2nc3cccnc3n(Cc3ccccc3)c2=O)CC1. The monoisotopic (exact) mass is 488 g/mol. The number of amides is 2. The van der Waals surface area contributed by atoms with Crippen molar-refractivity contribution in [2.75, 3.05) is 26.2 Å². The summed E-state index contributed by atoms with van der Waals surface area (Å²) in [5, 5.41) is 0.313. The fourth-order valence-corrected chi connectivity index (χ4v) is 4.19. The smallest absolute Gasteiger partial charge is 0.284 e. The summed E-state index contributed by atoms with van der Waals surface area (Å²) in [5.74, 6) is -0.635. The Morgan fingerprint density at radius 3 is 2.26 bits per heavy atom. The molecule has 0 unspecified atom stereocenters. The van der Waals surface area contributed by atoms with Gasteiger partial charge in [-0.3, -0.25) is 19.0 Å². The summed E-state index contributed by atoms with van der Waals surface area (Å²) in [5.41, 5.74) is 1.59. The Bertz CT molecular complexity index is 1450. The first-order valence-electron chi connectivity index (χ1n) is 11.1. The number of benzene rings is 1. The summed E-state index contributed by atoms with van der Waals surface area (Å²) in [6, 6.07) is 16.2. The molecule has 0 N–H and O–H groups in total. The highest BCUT2D eigenvalue weighted by molar-refractivity contribution is 6.29. The van der Waals surface area contributed by atoms with Gasteiger partial charge in [0.15, 0.2) is 11.3 Å². The molecule has 5 rings (SSSR count). The number of carbonyl (C=O) groups is 2. The van der Waals surface area contributed by atoms with Crippen LogP contribution < -0.4 is 5.56 Å². The van der Waals surface area contributed by atoms with Crippen molar-refractivity contribution in [3.8, 4) is 0 Å². The van der Waals surface area contributed by atoms with E-state index >= 15 is 0 Å². The molecule has 3 aromatic heterocycles. The van der Waals surface area contributed by atoms with Crippen LogP contribution in [0.2, 0.25) is 5.15 Å².